The van der Waals surface area contributed by atoms with Gasteiger partial charge < -0.3 is 15.6 Å². The van der Waals surface area contributed by atoms with Crippen molar-refractivity contribution in [2.45, 2.75) is 6.92 Å². The van der Waals surface area contributed by atoms with E-state index in [1.54, 1.807) is 25.1 Å². The lowest BCUT2D eigenvalue weighted by Gasteiger charge is -2.07. The fraction of sp³-hybridized carbons (Fsp3) is 0.154. The van der Waals surface area contributed by atoms with Gasteiger partial charge in [0.25, 0.3) is 0 Å². The second-order valence-electron chi connectivity index (χ2n) is 3.73. The number of hydrogen-bond donors (Lipinski definition) is 2. The van der Waals surface area contributed by atoms with Crippen LogP contribution in [0.15, 0.2) is 30.5 Å². The van der Waals surface area contributed by atoms with Gasteiger partial charge in [0.2, 0.25) is 0 Å². The number of hydrogen-bond acceptors (Lipinski definition) is 6. The molecule has 1 aromatic carbocycles. The van der Waals surface area contributed by atoms with Crippen LogP contribution in [0.5, 0.6) is 5.75 Å². The normalized spacial score (nSPS) is 10.2. The van der Waals surface area contributed by atoms with Gasteiger partial charge >= 0.3 is 5.97 Å². The number of benzene rings is 1. The third kappa shape index (κ3) is 2.62. The lowest BCUT2D eigenvalue weighted by Crippen LogP contribution is -2.10. The Hall–Kier alpha value is -2.63. The number of carbonyl (C=O) groups excluding carboxylic acids is 1. The summed E-state index contributed by atoms with van der Waals surface area (Å²) in [5.74, 6) is -0.245. The van der Waals surface area contributed by atoms with Crippen LogP contribution in [0.2, 0.25) is 0 Å². The summed E-state index contributed by atoms with van der Waals surface area (Å²) < 4.78 is 4.83. The Balaban J connectivity index is 2.39. The van der Waals surface area contributed by atoms with Crippen LogP contribution in [0.1, 0.15) is 17.3 Å². The molecule has 3 N–H and O–H groups in total. The van der Waals surface area contributed by atoms with Gasteiger partial charge in [-0.25, -0.2) is 14.8 Å². The average molecular weight is 259 g/mol. The fourth-order valence-electron chi connectivity index (χ4n) is 1.55. The second-order valence-corrected chi connectivity index (χ2v) is 3.73. The molecule has 98 valence electrons. The number of aromatic nitrogens is 2. The van der Waals surface area contributed by atoms with Crippen LogP contribution in [0.25, 0.3) is 11.4 Å². The van der Waals surface area contributed by atoms with Crippen molar-refractivity contribution in [2.75, 3.05) is 12.3 Å². The Morgan fingerprint density at radius 2 is 2.16 bits per heavy atom. The summed E-state index contributed by atoms with van der Waals surface area (Å²) in [7, 11) is 0. The van der Waals surface area contributed by atoms with E-state index in [9.17, 15) is 9.90 Å². The predicted molar refractivity (Wildman–Crippen MR) is 69.5 cm³/mol. The van der Waals surface area contributed by atoms with Crippen molar-refractivity contribution in [1.29, 1.82) is 0 Å². The molecule has 1 aromatic heterocycles. The maximum Gasteiger partial charge on any atom is 0.343 e. The summed E-state index contributed by atoms with van der Waals surface area (Å²) in [6.07, 6.45) is 1.29. The number of anilines is 1. The molecule has 0 aliphatic rings. The Labute approximate surface area is 109 Å². The van der Waals surface area contributed by atoms with E-state index in [0.29, 0.717) is 5.56 Å². The molecule has 0 fully saturated rings. The van der Waals surface area contributed by atoms with Gasteiger partial charge in [-0.3, -0.25) is 0 Å². The fourth-order valence-corrected chi connectivity index (χ4v) is 1.55. The first-order chi connectivity index (χ1) is 9.13. The highest BCUT2D eigenvalue weighted by Gasteiger charge is 2.15. The zero-order valence-corrected chi connectivity index (χ0v) is 10.3. The van der Waals surface area contributed by atoms with Crippen LogP contribution in [0.3, 0.4) is 0 Å². The van der Waals surface area contributed by atoms with Crippen LogP contribution < -0.4 is 5.73 Å². The number of rotatable bonds is 3. The first-order valence-corrected chi connectivity index (χ1v) is 5.71. The van der Waals surface area contributed by atoms with Crippen molar-refractivity contribution in [3.8, 4) is 17.1 Å². The summed E-state index contributed by atoms with van der Waals surface area (Å²) in [4.78, 5) is 19.6. The molecule has 0 radical (unpaired) electrons. The van der Waals surface area contributed by atoms with Crippen molar-refractivity contribution in [3.63, 3.8) is 0 Å². The van der Waals surface area contributed by atoms with E-state index in [2.05, 4.69) is 9.97 Å². The first kappa shape index (κ1) is 12.8. The summed E-state index contributed by atoms with van der Waals surface area (Å²) >= 11 is 0. The molecule has 19 heavy (non-hydrogen) atoms. The van der Waals surface area contributed by atoms with Crippen molar-refractivity contribution < 1.29 is 14.6 Å². The van der Waals surface area contributed by atoms with Crippen molar-refractivity contribution >= 4 is 11.8 Å². The van der Waals surface area contributed by atoms with Gasteiger partial charge in [0.15, 0.2) is 5.82 Å². The highest BCUT2D eigenvalue weighted by atomic mass is 16.5. The molecular formula is C13H13N3O3. The van der Waals surface area contributed by atoms with Crippen molar-refractivity contribution in [2.24, 2.45) is 0 Å². The zero-order valence-electron chi connectivity index (χ0n) is 10.3. The third-order valence-electron chi connectivity index (χ3n) is 2.46. The highest BCUT2D eigenvalue weighted by molar-refractivity contribution is 5.94. The van der Waals surface area contributed by atoms with Crippen LogP contribution >= 0.6 is 0 Å². The maximum atomic E-state index is 11.5. The van der Waals surface area contributed by atoms with Crippen LogP contribution in [-0.4, -0.2) is 27.7 Å². The number of nitrogens with two attached hydrogens (primary N) is 1. The second kappa shape index (κ2) is 5.34. The molecule has 6 heteroatoms. The van der Waals surface area contributed by atoms with E-state index in [-0.39, 0.29) is 29.6 Å². The van der Waals surface area contributed by atoms with Gasteiger partial charge in [0.1, 0.15) is 17.1 Å². The van der Waals surface area contributed by atoms with Crippen molar-refractivity contribution in [3.05, 3.63) is 36.0 Å². The topological polar surface area (TPSA) is 98.3 Å². The van der Waals surface area contributed by atoms with Crippen molar-refractivity contribution in [1.82, 2.24) is 9.97 Å². The summed E-state index contributed by atoms with van der Waals surface area (Å²) in [6.45, 7) is 1.95. The summed E-state index contributed by atoms with van der Waals surface area (Å²) in [6, 6.07) is 6.62. The zero-order chi connectivity index (χ0) is 13.8. The Morgan fingerprint density at radius 3 is 2.79 bits per heavy atom. The minimum Gasteiger partial charge on any atom is -0.507 e. The molecule has 0 aliphatic heterocycles. The molecule has 2 rings (SSSR count). The number of ether oxygens (including phenoxy) is 1. The number of nitrogens with zero attached hydrogens (tertiary/aromatic N) is 2. The maximum absolute atomic E-state index is 11.5. The average Bonchev–Trinajstić information content (AvgIpc) is 2.39. The van der Waals surface area contributed by atoms with Crippen LogP contribution in [0, 0.1) is 0 Å². The summed E-state index contributed by atoms with van der Waals surface area (Å²) in [5, 5.41) is 9.71. The monoisotopic (exact) mass is 259 g/mol. The van der Waals surface area contributed by atoms with Gasteiger partial charge in [0.05, 0.1) is 12.2 Å². The molecule has 6 nitrogen and oxygen atoms in total. The molecule has 0 atom stereocenters. The molecular weight excluding hydrogens is 246 g/mol. The van der Waals surface area contributed by atoms with Crippen LogP contribution in [0.4, 0.5) is 5.82 Å². The van der Waals surface area contributed by atoms with E-state index in [0.717, 1.165) is 0 Å². The predicted octanol–water partition coefficient (Wildman–Crippen LogP) is 1.61. The number of para-hydroxylation sites is 1. The smallest absolute Gasteiger partial charge is 0.343 e. The molecule has 0 saturated carbocycles. The van der Waals surface area contributed by atoms with E-state index in [1.807, 2.05) is 0 Å². The number of nitrogen functional groups attached to an aromatic ring is 1. The number of carbonyl (C=O) groups is 1. The van der Waals surface area contributed by atoms with E-state index < -0.39 is 5.97 Å². The minimum absolute atomic E-state index is 0.0201. The summed E-state index contributed by atoms with van der Waals surface area (Å²) in [5.41, 5.74) is 6.27. The third-order valence-corrected chi connectivity index (χ3v) is 2.46. The molecule has 0 unspecified atom stereocenters. The molecule has 1 heterocycles. The SMILES string of the molecule is CCOC(=O)c1cnc(-c2ccccc2O)nc1N. The van der Waals surface area contributed by atoms with E-state index >= 15 is 0 Å². The van der Waals surface area contributed by atoms with Gasteiger partial charge in [-0.1, -0.05) is 12.1 Å². The van der Waals surface area contributed by atoms with Gasteiger partial charge in [-0.2, -0.15) is 0 Å². The molecule has 0 bridgehead atoms. The highest BCUT2D eigenvalue weighted by Crippen LogP contribution is 2.26. The quantitative estimate of drug-likeness (QED) is 0.812. The lowest BCUT2D eigenvalue weighted by molar-refractivity contribution is 0.0527. The Morgan fingerprint density at radius 1 is 1.42 bits per heavy atom. The molecule has 0 amide bonds. The van der Waals surface area contributed by atoms with Crippen LogP contribution in [-0.2, 0) is 4.74 Å². The lowest BCUT2D eigenvalue weighted by atomic mass is 10.2. The first-order valence-electron chi connectivity index (χ1n) is 5.71. The van der Waals surface area contributed by atoms with E-state index in [4.69, 9.17) is 10.5 Å². The standard InChI is InChI=1S/C13H13N3O3/c1-2-19-13(18)9-7-15-12(16-11(9)14)8-5-3-4-6-10(8)17/h3-7,17H,2H2,1H3,(H2,14,15,16). The molecule has 0 saturated heterocycles. The molecule has 2 aromatic rings. The minimum atomic E-state index is -0.566. The van der Waals surface area contributed by atoms with E-state index in [1.165, 1.54) is 12.3 Å². The van der Waals surface area contributed by atoms with Gasteiger partial charge in [0, 0.05) is 6.20 Å². The number of phenolic OH excluding ortho intramolecular Hbond substituents is 1. The molecule has 0 aliphatic carbocycles. The number of phenols is 1. The Bertz CT molecular complexity index is 614. The Kier molecular flexibility index (Phi) is 3.61. The van der Waals surface area contributed by atoms with Gasteiger partial charge in [-0.15, -0.1) is 0 Å². The number of esters is 1. The van der Waals surface area contributed by atoms with Gasteiger partial charge in [-0.05, 0) is 19.1 Å². The number of aromatic hydroxyl groups is 1. The largest absolute Gasteiger partial charge is 0.507 e. The molecule has 0 spiro atoms.